The lowest BCUT2D eigenvalue weighted by Crippen LogP contribution is -2.45. The summed E-state index contributed by atoms with van der Waals surface area (Å²) in [6, 6.07) is 8.78. The fourth-order valence-corrected chi connectivity index (χ4v) is 7.72. The van der Waals surface area contributed by atoms with E-state index in [1.165, 1.54) is 19.2 Å². The topological polar surface area (TPSA) is 124 Å². The summed E-state index contributed by atoms with van der Waals surface area (Å²) < 4.78 is 39.2. The molecule has 46 heavy (non-hydrogen) atoms. The minimum Gasteiger partial charge on any atom is -0.494 e. The van der Waals surface area contributed by atoms with Gasteiger partial charge in [0.25, 0.3) is 0 Å². The van der Waals surface area contributed by atoms with Crippen LogP contribution in [0.1, 0.15) is 24.8 Å². The van der Waals surface area contributed by atoms with Crippen LogP contribution in [0.3, 0.4) is 0 Å². The van der Waals surface area contributed by atoms with Gasteiger partial charge in [-0.3, -0.25) is 9.62 Å². The van der Waals surface area contributed by atoms with E-state index in [1.807, 2.05) is 12.1 Å². The van der Waals surface area contributed by atoms with Crippen LogP contribution in [0, 0.1) is 0 Å². The van der Waals surface area contributed by atoms with E-state index in [4.69, 9.17) is 21.1 Å². The maximum absolute atomic E-state index is 12.1. The van der Waals surface area contributed by atoms with Gasteiger partial charge in [0, 0.05) is 61.3 Å². The van der Waals surface area contributed by atoms with Gasteiger partial charge in [0.05, 0.1) is 48.9 Å². The zero-order valence-electron chi connectivity index (χ0n) is 26.4. The van der Waals surface area contributed by atoms with Gasteiger partial charge in [-0.2, -0.15) is 4.98 Å². The lowest BCUT2D eigenvalue weighted by Gasteiger charge is -2.38. The number of hydrogen-bond acceptors (Lipinski definition) is 11. The van der Waals surface area contributed by atoms with Crippen molar-refractivity contribution in [3.8, 4) is 11.5 Å². The molecular formula is C31H40BrClN8O4S. The molecule has 3 aromatic rings. The Balaban J connectivity index is 1.17. The number of benzene rings is 2. The SMILES string of the molecule is COc1cc(N2CCC(N3CCC(N(C)C)C3)CC2)c(Br)cc1Nc1ncc(Cl)c(Nc2cc3c(cc2NS(C)(=O)=O)CCO3)n1. The summed E-state index contributed by atoms with van der Waals surface area (Å²) >= 11 is 10.3. The van der Waals surface area contributed by atoms with Gasteiger partial charge >= 0.3 is 0 Å². The average Bonchev–Trinajstić information content (AvgIpc) is 3.69. The van der Waals surface area contributed by atoms with Crippen LogP contribution >= 0.6 is 27.5 Å². The van der Waals surface area contributed by atoms with E-state index >= 15 is 0 Å². The predicted molar refractivity (Wildman–Crippen MR) is 187 cm³/mol. The smallest absolute Gasteiger partial charge is 0.229 e. The second-order valence-corrected chi connectivity index (χ2v) is 15.3. The Labute approximate surface area is 284 Å². The number of methoxy groups -OCH3 is 1. The van der Waals surface area contributed by atoms with Crippen molar-refractivity contribution in [3.05, 3.63) is 45.5 Å². The molecule has 248 valence electrons. The Hall–Kier alpha value is -3.04. The first kappa shape index (κ1) is 32.9. The van der Waals surface area contributed by atoms with E-state index < -0.39 is 10.0 Å². The second-order valence-electron chi connectivity index (χ2n) is 12.2. The molecule has 1 atom stereocenters. The number of ether oxygens (including phenoxy) is 2. The molecule has 6 rings (SSSR count). The van der Waals surface area contributed by atoms with Crippen molar-refractivity contribution in [2.24, 2.45) is 0 Å². The van der Waals surface area contributed by atoms with Crippen molar-refractivity contribution in [1.29, 1.82) is 0 Å². The monoisotopic (exact) mass is 734 g/mol. The molecule has 0 saturated carbocycles. The predicted octanol–water partition coefficient (Wildman–Crippen LogP) is 5.30. The molecule has 2 fully saturated rings. The number of halogens is 2. The van der Waals surface area contributed by atoms with E-state index in [0.717, 1.165) is 54.5 Å². The molecule has 0 spiro atoms. The Morgan fingerprint density at radius 3 is 2.54 bits per heavy atom. The van der Waals surface area contributed by atoms with Crippen molar-refractivity contribution < 1.29 is 17.9 Å². The number of piperidine rings is 1. The highest BCUT2D eigenvalue weighted by Gasteiger charge is 2.32. The van der Waals surface area contributed by atoms with Crippen molar-refractivity contribution in [2.45, 2.75) is 37.8 Å². The van der Waals surface area contributed by atoms with Crippen LogP contribution in [0.2, 0.25) is 5.02 Å². The van der Waals surface area contributed by atoms with Crippen LogP contribution in [0.5, 0.6) is 11.5 Å². The third-order valence-electron chi connectivity index (χ3n) is 8.88. The van der Waals surface area contributed by atoms with Crippen molar-refractivity contribution in [3.63, 3.8) is 0 Å². The highest BCUT2D eigenvalue weighted by atomic mass is 79.9. The molecule has 3 aliphatic heterocycles. The molecule has 2 aromatic carbocycles. The first-order valence-corrected chi connectivity index (χ1v) is 18.4. The van der Waals surface area contributed by atoms with Gasteiger partial charge < -0.3 is 29.9 Å². The van der Waals surface area contributed by atoms with Gasteiger partial charge in [-0.25, -0.2) is 13.4 Å². The number of sulfonamides is 1. The molecule has 12 nitrogen and oxygen atoms in total. The van der Waals surface area contributed by atoms with Gasteiger partial charge in [0.2, 0.25) is 16.0 Å². The number of anilines is 6. The van der Waals surface area contributed by atoms with Crippen LogP contribution in [-0.2, 0) is 16.4 Å². The number of likely N-dealkylation sites (tertiary alicyclic amines) is 1. The van der Waals surface area contributed by atoms with E-state index in [0.29, 0.717) is 59.5 Å². The number of nitrogens with zero attached hydrogens (tertiary/aromatic N) is 5. The standard InChI is InChI=1S/C31H40BrClN8O4S/c1-39(2)21-7-11-41(18-21)20-5-9-40(10-6-20)27-16-29(44-3)26(14-22(27)32)36-31-34-17-23(33)30(37-31)35-24-15-28-19(8-12-45-28)13-25(24)38-46(4,42)43/h13-17,20-21,38H,5-12,18H2,1-4H3,(H2,34,35,36,37). The zero-order valence-corrected chi connectivity index (χ0v) is 29.6. The van der Waals surface area contributed by atoms with E-state index in [1.54, 1.807) is 19.2 Å². The third kappa shape index (κ3) is 7.41. The minimum absolute atomic E-state index is 0.260. The van der Waals surface area contributed by atoms with Crippen LogP contribution in [0.4, 0.5) is 34.5 Å². The molecule has 0 amide bonds. The van der Waals surface area contributed by atoms with E-state index in [-0.39, 0.29) is 11.0 Å². The number of aromatic nitrogens is 2. The zero-order chi connectivity index (χ0) is 32.6. The molecule has 15 heteroatoms. The fraction of sp³-hybridized carbons (Fsp3) is 0.484. The lowest BCUT2D eigenvalue weighted by molar-refractivity contribution is 0.189. The van der Waals surface area contributed by atoms with Crippen molar-refractivity contribution in [2.75, 3.05) is 80.5 Å². The molecule has 0 bridgehead atoms. The lowest BCUT2D eigenvalue weighted by atomic mass is 10.0. The minimum atomic E-state index is -3.54. The molecule has 3 N–H and O–H groups in total. The van der Waals surface area contributed by atoms with Crippen molar-refractivity contribution >= 4 is 72.1 Å². The third-order valence-corrected chi connectivity index (χ3v) is 10.4. The maximum atomic E-state index is 12.1. The fourth-order valence-electron chi connectivity index (χ4n) is 6.42. The van der Waals surface area contributed by atoms with Crippen molar-refractivity contribution in [1.82, 2.24) is 19.8 Å². The van der Waals surface area contributed by atoms with Crippen LogP contribution < -0.4 is 29.7 Å². The molecular weight excluding hydrogens is 696 g/mol. The number of fused-ring (bicyclic) bond motifs is 1. The van der Waals surface area contributed by atoms with Crippen LogP contribution in [-0.4, -0.2) is 101 Å². The summed E-state index contributed by atoms with van der Waals surface area (Å²) in [7, 11) is 2.46. The van der Waals surface area contributed by atoms with Gasteiger partial charge in [-0.15, -0.1) is 0 Å². The first-order valence-electron chi connectivity index (χ1n) is 15.3. The Bertz CT molecular complexity index is 1700. The molecule has 3 aliphatic rings. The highest BCUT2D eigenvalue weighted by Crippen LogP contribution is 2.41. The molecule has 1 unspecified atom stereocenters. The normalized spacial score (nSPS) is 18.8. The summed E-state index contributed by atoms with van der Waals surface area (Å²) in [6.45, 7) is 4.81. The molecule has 0 radical (unpaired) electrons. The first-order chi connectivity index (χ1) is 22.0. The maximum Gasteiger partial charge on any atom is 0.229 e. The Kier molecular flexibility index (Phi) is 9.72. The average molecular weight is 736 g/mol. The Morgan fingerprint density at radius 1 is 1.07 bits per heavy atom. The molecule has 0 aliphatic carbocycles. The summed E-state index contributed by atoms with van der Waals surface area (Å²) in [5.41, 5.74) is 3.51. The number of nitrogens with one attached hydrogen (secondary N) is 3. The summed E-state index contributed by atoms with van der Waals surface area (Å²) in [5, 5.41) is 6.68. The van der Waals surface area contributed by atoms with Crippen LogP contribution in [0.15, 0.2) is 34.9 Å². The van der Waals surface area contributed by atoms with E-state index in [9.17, 15) is 8.42 Å². The molecule has 2 saturated heterocycles. The van der Waals surface area contributed by atoms with Gasteiger partial charge in [-0.1, -0.05) is 11.6 Å². The van der Waals surface area contributed by atoms with E-state index in [2.05, 4.69) is 70.0 Å². The quantitative estimate of drug-likeness (QED) is 0.252. The van der Waals surface area contributed by atoms with Gasteiger partial charge in [-0.05, 0) is 67.0 Å². The summed E-state index contributed by atoms with van der Waals surface area (Å²) in [6.07, 6.45) is 6.77. The highest BCUT2D eigenvalue weighted by molar-refractivity contribution is 9.10. The van der Waals surface area contributed by atoms with Crippen LogP contribution in [0.25, 0.3) is 0 Å². The number of hydrogen-bond donors (Lipinski definition) is 3. The largest absolute Gasteiger partial charge is 0.494 e. The number of likely N-dealkylation sites (N-methyl/N-ethyl adjacent to an activating group) is 1. The van der Waals surface area contributed by atoms with Gasteiger partial charge in [0.15, 0.2) is 5.82 Å². The Morgan fingerprint density at radius 2 is 1.85 bits per heavy atom. The number of rotatable bonds is 10. The second kappa shape index (κ2) is 13.6. The molecule has 4 heterocycles. The molecule has 1 aromatic heterocycles. The van der Waals surface area contributed by atoms with Gasteiger partial charge in [0.1, 0.15) is 16.5 Å². The summed E-state index contributed by atoms with van der Waals surface area (Å²) in [5.74, 6) is 1.90. The summed E-state index contributed by atoms with van der Waals surface area (Å²) in [4.78, 5) is 16.4.